The van der Waals surface area contributed by atoms with Crippen molar-refractivity contribution in [2.24, 2.45) is 10.8 Å². The minimum absolute atomic E-state index is 0.0597. The summed E-state index contributed by atoms with van der Waals surface area (Å²) in [5.41, 5.74) is 6.63. The number of nitrogens with two attached hydrogens (primary N) is 1. The average Bonchev–Trinajstić information content (AvgIpc) is 3.04. The van der Waals surface area contributed by atoms with Crippen LogP contribution >= 0.6 is 31.9 Å². The van der Waals surface area contributed by atoms with E-state index in [-0.39, 0.29) is 12.1 Å². The summed E-state index contributed by atoms with van der Waals surface area (Å²) in [6.45, 7) is 0. The summed E-state index contributed by atoms with van der Waals surface area (Å²) in [6, 6.07) is 9.98. The van der Waals surface area contributed by atoms with Gasteiger partial charge < -0.3 is 11.1 Å². The summed E-state index contributed by atoms with van der Waals surface area (Å²) in [7, 11) is 0. The molecule has 0 bridgehead atoms. The first-order chi connectivity index (χ1) is 12.3. The standard InChI is InChI=1S/C17H13Br2FN4O2/c18-9-1-6-12(19)13(7-9)22-17(26)14-8-15(16(21)25)24(23-14)11-4-2-10(20)3-5-11/h1-7,15H,8H2,(H2,21,25)(H,22,26). The van der Waals surface area contributed by atoms with Crippen LogP contribution in [0.15, 0.2) is 56.5 Å². The number of carbonyl (C=O) groups is 2. The fraction of sp³-hybridized carbons (Fsp3) is 0.118. The monoisotopic (exact) mass is 482 g/mol. The highest BCUT2D eigenvalue weighted by molar-refractivity contribution is 9.11. The molecule has 1 aliphatic rings. The van der Waals surface area contributed by atoms with Crippen LogP contribution in [0.4, 0.5) is 15.8 Å². The number of rotatable bonds is 4. The van der Waals surface area contributed by atoms with Gasteiger partial charge in [-0.05, 0) is 58.4 Å². The molecule has 0 saturated heterocycles. The molecule has 1 aliphatic heterocycles. The summed E-state index contributed by atoms with van der Waals surface area (Å²) in [4.78, 5) is 24.3. The molecule has 0 aromatic heterocycles. The summed E-state index contributed by atoms with van der Waals surface area (Å²) in [5, 5.41) is 8.31. The number of nitrogens with one attached hydrogen (secondary N) is 1. The molecule has 0 spiro atoms. The van der Waals surface area contributed by atoms with E-state index in [2.05, 4.69) is 42.3 Å². The quantitative estimate of drug-likeness (QED) is 0.698. The molecule has 2 aromatic rings. The molecule has 0 aliphatic carbocycles. The number of nitrogens with zero attached hydrogens (tertiary/aromatic N) is 2. The molecule has 1 atom stereocenters. The molecule has 6 nitrogen and oxygen atoms in total. The third kappa shape index (κ3) is 3.94. The Morgan fingerprint density at radius 2 is 1.88 bits per heavy atom. The lowest BCUT2D eigenvalue weighted by molar-refractivity contribution is -0.119. The van der Waals surface area contributed by atoms with Crippen molar-refractivity contribution in [2.45, 2.75) is 12.5 Å². The molecule has 9 heteroatoms. The van der Waals surface area contributed by atoms with Gasteiger partial charge in [-0.15, -0.1) is 0 Å². The summed E-state index contributed by atoms with van der Waals surface area (Å²) in [6.07, 6.45) is 0.0597. The maximum atomic E-state index is 13.1. The Hall–Kier alpha value is -2.26. The van der Waals surface area contributed by atoms with Gasteiger partial charge in [0.1, 0.15) is 17.6 Å². The highest BCUT2D eigenvalue weighted by atomic mass is 79.9. The van der Waals surface area contributed by atoms with Crippen molar-refractivity contribution in [3.05, 3.63) is 57.2 Å². The summed E-state index contributed by atoms with van der Waals surface area (Å²) in [5.74, 6) is -1.48. The lowest BCUT2D eigenvalue weighted by Crippen LogP contribution is -2.39. The van der Waals surface area contributed by atoms with Crippen LogP contribution in [0.1, 0.15) is 6.42 Å². The average molecular weight is 484 g/mol. The zero-order valence-corrected chi connectivity index (χ0v) is 16.4. The van der Waals surface area contributed by atoms with Crippen molar-refractivity contribution in [1.29, 1.82) is 0 Å². The second-order valence-electron chi connectivity index (χ2n) is 5.57. The molecular weight excluding hydrogens is 471 g/mol. The number of anilines is 2. The van der Waals surface area contributed by atoms with Crippen molar-refractivity contribution in [3.63, 3.8) is 0 Å². The van der Waals surface area contributed by atoms with Crippen molar-refractivity contribution in [3.8, 4) is 0 Å². The molecule has 0 radical (unpaired) electrons. The largest absolute Gasteiger partial charge is 0.368 e. The van der Waals surface area contributed by atoms with Gasteiger partial charge in [0.25, 0.3) is 5.91 Å². The minimum Gasteiger partial charge on any atom is -0.368 e. The van der Waals surface area contributed by atoms with E-state index in [0.29, 0.717) is 15.8 Å². The van der Waals surface area contributed by atoms with Crippen molar-refractivity contribution in [2.75, 3.05) is 10.3 Å². The maximum Gasteiger partial charge on any atom is 0.271 e. The maximum absolute atomic E-state index is 13.1. The van der Waals surface area contributed by atoms with Crippen LogP contribution in [0, 0.1) is 5.82 Å². The minimum atomic E-state index is -0.813. The van der Waals surface area contributed by atoms with E-state index in [4.69, 9.17) is 5.73 Å². The molecule has 134 valence electrons. The zero-order valence-electron chi connectivity index (χ0n) is 13.2. The Balaban J connectivity index is 1.86. The Kier molecular flexibility index (Phi) is 5.38. The van der Waals surface area contributed by atoms with E-state index in [1.807, 2.05) is 6.07 Å². The van der Waals surface area contributed by atoms with Crippen LogP contribution in [-0.2, 0) is 9.59 Å². The predicted molar refractivity (Wildman–Crippen MR) is 104 cm³/mol. The van der Waals surface area contributed by atoms with Gasteiger partial charge >= 0.3 is 0 Å². The van der Waals surface area contributed by atoms with Gasteiger partial charge in [-0.25, -0.2) is 4.39 Å². The van der Waals surface area contributed by atoms with Crippen molar-refractivity contribution < 1.29 is 14.0 Å². The SMILES string of the molecule is NC(=O)C1CC(C(=O)Nc2cc(Br)ccc2Br)=NN1c1ccc(F)cc1. The normalized spacial score (nSPS) is 16.3. The lowest BCUT2D eigenvalue weighted by Gasteiger charge is -2.20. The first-order valence-electron chi connectivity index (χ1n) is 7.53. The van der Waals surface area contributed by atoms with Crippen LogP contribution in [0.3, 0.4) is 0 Å². The number of carbonyl (C=O) groups excluding carboxylic acids is 2. The number of primary amides is 1. The number of benzene rings is 2. The molecule has 2 aromatic carbocycles. The highest BCUT2D eigenvalue weighted by Crippen LogP contribution is 2.28. The number of hydrogen-bond acceptors (Lipinski definition) is 4. The van der Waals surface area contributed by atoms with Gasteiger partial charge in [-0.2, -0.15) is 5.10 Å². The van der Waals surface area contributed by atoms with Gasteiger partial charge in [0.05, 0.1) is 11.4 Å². The van der Waals surface area contributed by atoms with Crippen LogP contribution in [0.5, 0.6) is 0 Å². The molecule has 0 saturated carbocycles. The third-order valence-corrected chi connectivity index (χ3v) is 4.95. The summed E-state index contributed by atoms with van der Waals surface area (Å²) >= 11 is 6.70. The molecule has 26 heavy (non-hydrogen) atoms. The second-order valence-corrected chi connectivity index (χ2v) is 7.34. The molecule has 0 fully saturated rings. The van der Waals surface area contributed by atoms with Gasteiger partial charge in [-0.3, -0.25) is 14.6 Å². The Morgan fingerprint density at radius 1 is 1.19 bits per heavy atom. The number of hydrogen-bond donors (Lipinski definition) is 2. The van der Waals surface area contributed by atoms with E-state index in [0.717, 1.165) is 4.47 Å². The summed E-state index contributed by atoms with van der Waals surface area (Å²) < 4.78 is 14.6. The van der Waals surface area contributed by atoms with E-state index in [1.165, 1.54) is 29.3 Å². The Morgan fingerprint density at radius 3 is 2.54 bits per heavy atom. The zero-order chi connectivity index (χ0) is 18.8. The smallest absolute Gasteiger partial charge is 0.271 e. The van der Waals surface area contributed by atoms with Crippen LogP contribution < -0.4 is 16.1 Å². The third-order valence-electron chi connectivity index (χ3n) is 3.77. The molecule has 3 N–H and O–H groups in total. The van der Waals surface area contributed by atoms with Gasteiger partial charge in [0.15, 0.2) is 0 Å². The molecular formula is C17H13Br2FN4O2. The predicted octanol–water partition coefficient (Wildman–Crippen LogP) is 3.41. The van der Waals surface area contributed by atoms with E-state index in [1.54, 1.807) is 12.1 Å². The van der Waals surface area contributed by atoms with Crippen molar-refractivity contribution in [1.82, 2.24) is 0 Å². The second kappa shape index (κ2) is 7.55. The fourth-order valence-corrected chi connectivity index (χ4v) is 3.20. The first kappa shape index (κ1) is 18.5. The highest BCUT2D eigenvalue weighted by Gasteiger charge is 2.35. The Bertz CT molecular complexity index is 902. The van der Waals surface area contributed by atoms with Gasteiger partial charge in [0.2, 0.25) is 5.91 Å². The Labute approximate surface area is 165 Å². The van der Waals surface area contributed by atoms with Gasteiger partial charge in [0, 0.05) is 15.4 Å². The molecule has 2 amide bonds. The van der Waals surface area contributed by atoms with Crippen LogP contribution in [-0.4, -0.2) is 23.6 Å². The van der Waals surface area contributed by atoms with Crippen LogP contribution in [0.25, 0.3) is 0 Å². The number of halogens is 3. The number of amides is 2. The van der Waals surface area contributed by atoms with E-state index < -0.39 is 23.7 Å². The first-order valence-corrected chi connectivity index (χ1v) is 9.12. The van der Waals surface area contributed by atoms with E-state index in [9.17, 15) is 14.0 Å². The van der Waals surface area contributed by atoms with Crippen molar-refractivity contribution >= 4 is 60.8 Å². The fourth-order valence-electron chi connectivity index (χ4n) is 2.49. The topological polar surface area (TPSA) is 87.8 Å². The van der Waals surface area contributed by atoms with Crippen LogP contribution in [0.2, 0.25) is 0 Å². The molecule has 3 rings (SSSR count). The van der Waals surface area contributed by atoms with E-state index >= 15 is 0 Å². The lowest BCUT2D eigenvalue weighted by atomic mass is 10.1. The molecule has 1 heterocycles. The molecule has 1 unspecified atom stereocenters. The van der Waals surface area contributed by atoms with Gasteiger partial charge in [-0.1, -0.05) is 15.9 Å². The number of hydrazone groups is 1.